The Morgan fingerprint density at radius 2 is 1.92 bits per heavy atom. The molecule has 3 aromatic carbocycles. The quantitative estimate of drug-likeness (QED) is 0.279. The lowest BCUT2D eigenvalue weighted by Gasteiger charge is -2.33. The summed E-state index contributed by atoms with van der Waals surface area (Å²) in [7, 11) is 0. The molecule has 3 aromatic rings. The molecule has 0 aliphatic heterocycles. The lowest BCUT2D eigenvalue weighted by atomic mass is 9.99. The zero-order chi connectivity index (χ0) is 25.3. The number of rotatable bonds is 10. The first-order valence-corrected chi connectivity index (χ1v) is 13.0. The van der Waals surface area contributed by atoms with Gasteiger partial charge in [-0.2, -0.15) is 0 Å². The summed E-state index contributed by atoms with van der Waals surface area (Å²) in [5.41, 5.74) is 4.58. The smallest absolute Gasteiger partial charge is 0.344 e. The van der Waals surface area contributed by atoms with Crippen LogP contribution in [0, 0.1) is 0 Å². The van der Waals surface area contributed by atoms with Crippen LogP contribution >= 0.6 is 11.6 Å². The molecule has 0 fully saturated rings. The van der Waals surface area contributed by atoms with Crippen molar-refractivity contribution in [2.24, 2.45) is 0 Å². The number of ether oxygens (including phenoxy) is 2. The Morgan fingerprint density at radius 3 is 2.69 bits per heavy atom. The van der Waals surface area contributed by atoms with Gasteiger partial charge >= 0.3 is 5.97 Å². The van der Waals surface area contributed by atoms with Crippen LogP contribution in [-0.2, 0) is 28.9 Å². The first kappa shape index (κ1) is 26.2. The fourth-order valence-corrected chi connectivity index (χ4v) is 5.07. The van der Waals surface area contributed by atoms with Gasteiger partial charge in [0.15, 0.2) is 6.61 Å². The van der Waals surface area contributed by atoms with Gasteiger partial charge in [0.2, 0.25) is 0 Å². The van der Waals surface area contributed by atoms with Crippen LogP contribution in [0.5, 0.6) is 5.75 Å². The van der Waals surface area contributed by atoms with E-state index in [0.717, 1.165) is 37.8 Å². The maximum atomic E-state index is 11.7. The number of halogens is 1. The highest BCUT2D eigenvalue weighted by Gasteiger charge is 2.26. The zero-order valence-electron chi connectivity index (χ0n) is 20.7. The topological polar surface area (TPSA) is 59.0 Å². The molecule has 0 unspecified atom stereocenters. The molecule has 6 heteroatoms. The molecule has 0 spiro atoms. The van der Waals surface area contributed by atoms with E-state index < -0.39 is 6.10 Å². The van der Waals surface area contributed by atoms with Crippen LogP contribution < -0.4 is 4.74 Å². The van der Waals surface area contributed by atoms with Gasteiger partial charge in [-0.3, -0.25) is 4.90 Å². The van der Waals surface area contributed by atoms with Crippen LogP contribution in [0.25, 0.3) is 0 Å². The molecular formula is C30H34ClNO4. The van der Waals surface area contributed by atoms with Gasteiger partial charge in [-0.05, 0) is 79.1 Å². The van der Waals surface area contributed by atoms with Gasteiger partial charge in [0, 0.05) is 24.2 Å². The number of carbonyl (C=O) groups is 1. The molecule has 1 aliphatic carbocycles. The maximum Gasteiger partial charge on any atom is 0.344 e. The van der Waals surface area contributed by atoms with E-state index in [1.54, 1.807) is 6.92 Å². The highest BCUT2D eigenvalue weighted by molar-refractivity contribution is 6.30. The van der Waals surface area contributed by atoms with Crippen molar-refractivity contribution >= 4 is 17.6 Å². The molecule has 0 heterocycles. The number of nitrogens with zero attached hydrogens (tertiary/aromatic N) is 1. The van der Waals surface area contributed by atoms with Crippen molar-refractivity contribution in [3.05, 3.63) is 100 Å². The summed E-state index contributed by atoms with van der Waals surface area (Å²) in [6.45, 7) is 3.28. The normalized spacial score (nSPS) is 16.2. The predicted octanol–water partition coefficient (Wildman–Crippen LogP) is 5.77. The van der Waals surface area contributed by atoms with E-state index in [1.807, 2.05) is 36.4 Å². The van der Waals surface area contributed by atoms with E-state index in [2.05, 4.69) is 41.3 Å². The lowest BCUT2D eigenvalue weighted by Crippen LogP contribution is -2.39. The Morgan fingerprint density at radius 1 is 1.08 bits per heavy atom. The fraction of sp³-hybridized carbons (Fsp3) is 0.367. The first-order chi connectivity index (χ1) is 17.5. The third kappa shape index (κ3) is 7.33. The molecule has 0 radical (unpaired) electrons. The second-order valence-electron chi connectivity index (χ2n) is 9.26. The van der Waals surface area contributed by atoms with Gasteiger partial charge in [-0.1, -0.05) is 60.1 Å². The number of aryl methyl sites for hydroxylation is 1. The lowest BCUT2D eigenvalue weighted by molar-refractivity contribution is -0.145. The van der Waals surface area contributed by atoms with Gasteiger partial charge in [-0.25, -0.2) is 4.79 Å². The first-order valence-electron chi connectivity index (χ1n) is 12.6. The Kier molecular flexibility index (Phi) is 9.40. The number of hydrogen-bond donors (Lipinski definition) is 1. The molecule has 0 aromatic heterocycles. The molecule has 0 bridgehead atoms. The fourth-order valence-electron chi connectivity index (χ4n) is 4.87. The van der Waals surface area contributed by atoms with Gasteiger partial charge in [0.25, 0.3) is 0 Å². The average molecular weight is 508 g/mol. The maximum absolute atomic E-state index is 11.7. The third-order valence-electron chi connectivity index (χ3n) is 6.66. The molecule has 190 valence electrons. The van der Waals surface area contributed by atoms with E-state index >= 15 is 0 Å². The third-order valence-corrected chi connectivity index (χ3v) is 6.90. The highest BCUT2D eigenvalue weighted by Crippen LogP contribution is 2.29. The van der Waals surface area contributed by atoms with Crippen molar-refractivity contribution in [3.63, 3.8) is 0 Å². The monoisotopic (exact) mass is 507 g/mol. The minimum Gasteiger partial charge on any atom is -0.482 e. The molecule has 1 N–H and O–H groups in total. The van der Waals surface area contributed by atoms with Crippen LogP contribution in [0.2, 0.25) is 5.02 Å². The summed E-state index contributed by atoms with van der Waals surface area (Å²) < 4.78 is 10.7. The Labute approximate surface area is 218 Å². The van der Waals surface area contributed by atoms with Crippen molar-refractivity contribution in [2.75, 3.05) is 19.8 Å². The van der Waals surface area contributed by atoms with Crippen molar-refractivity contribution in [1.82, 2.24) is 4.90 Å². The Hall–Kier alpha value is -2.86. The van der Waals surface area contributed by atoms with Crippen LogP contribution in [0.1, 0.15) is 48.1 Å². The van der Waals surface area contributed by atoms with Crippen LogP contribution in [0.4, 0.5) is 0 Å². The number of benzene rings is 3. The molecule has 0 saturated heterocycles. The average Bonchev–Trinajstić information content (AvgIpc) is 3.10. The van der Waals surface area contributed by atoms with Crippen molar-refractivity contribution in [3.8, 4) is 5.75 Å². The van der Waals surface area contributed by atoms with Crippen molar-refractivity contribution in [2.45, 2.75) is 51.3 Å². The number of aliphatic hydroxyl groups excluding tert-OH is 1. The highest BCUT2D eigenvalue weighted by atomic mass is 35.5. The van der Waals surface area contributed by atoms with Gasteiger partial charge in [-0.15, -0.1) is 0 Å². The summed E-state index contributed by atoms with van der Waals surface area (Å²) in [6.07, 6.45) is 3.30. The number of carbonyl (C=O) groups excluding carboxylic acids is 1. The standard InChI is InChI=1S/C30H34ClNO4/c1-2-35-30(34)21-36-28-15-14-23-10-7-13-27(17-25(23)18-28)32(19-22-8-4-3-5-9-22)20-29(33)24-11-6-12-26(31)16-24/h3-6,8-9,11-12,14-16,18,27,29,33H,2,7,10,13,17,19-21H2,1H3/t27-,29+/m1/s1. The van der Waals surface area contributed by atoms with Gasteiger partial charge in [0.1, 0.15) is 5.75 Å². The summed E-state index contributed by atoms with van der Waals surface area (Å²) in [4.78, 5) is 14.1. The second-order valence-corrected chi connectivity index (χ2v) is 9.70. The summed E-state index contributed by atoms with van der Waals surface area (Å²) in [5.74, 6) is 0.311. The molecule has 2 atom stereocenters. The minimum absolute atomic E-state index is 0.0952. The van der Waals surface area contributed by atoms with E-state index in [0.29, 0.717) is 23.9 Å². The molecule has 0 amide bonds. The van der Waals surface area contributed by atoms with Gasteiger partial charge < -0.3 is 14.6 Å². The van der Waals surface area contributed by atoms with Crippen molar-refractivity contribution in [1.29, 1.82) is 0 Å². The summed E-state index contributed by atoms with van der Waals surface area (Å²) >= 11 is 6.19. The molecule has 5 nitrogen and oxygen atoms in total. The van der Waals surface area contributed by atoms with E-state index in [1.165, 1.54) is 16.7 Å². The molecule has 0 saturated carbocycles. The molecule has 4 rings (SSSR count). The predicted molar refractivity (Wildman–Crippen MR) is 142 cm³/mol. The number of esters is 1. The number of aliphatic hydroxyl groups is 1. The number of hydrogen-bond acceptors (Lipinski definition) is 5. The van der Waals surface area contributed by atoms with Crippen LogP contribution in [0.3, 0.4) is 0 Å². The SMILES string of the molecule is CCOC(=O)COc1ccc2c(c1)C[C@H](N(Cc1ccccc1)C[C@H](O)c1cccc(Cl)c1)CCC2. The van der Waals surface area contributed by atoms with E-state index in [-0.39, 0.29) is 18.6 Å². The zero-order valence-corrected chi connectivity index (χ0v) is 21.5. The molecule has 1 aliphatic rings. The minimum atomic E-state index is -0.644. The largest absolute Gasteiger partial charge is 0.482 e. The Bertz CT molecular complexity index is 1140. The van der Waals surface area contributed by atoms with E-state index in [4.69, 9.17) is 21.1 Å². The molecule has 36 heavy (non-hydrogen) atoms. The number of fused-ring (bicyclic) bond motifs is 1. The van der Waals surface area contributed by atoms with Crippen molar-refractivity contribution < 1.29 is 19.4 Å². The summed E-state index contributed by atoms with van der Waals surface area (Å²) in [5, 5.41) is 11.8. The second kappa shape index (κ2) is 12.9. The summed E-state index contributed by atoms with van der Waals surface area (Å²) in [6, 6.07) is 24.2. The van der Waals surface area contributed by atoms with Crippen LogP contribution in [0.15, 0.2) is 72.8 Å². The van der Waals surface area contributed by atoms with E-state index in [9.17, 15) is 9.90 Å². The van der Waals surface area contributed by atoms with Gasteiger partial charge in [0.05, 0.1) is 12.7 Å². The van der Waals surface area contributed by atoms with Crippen LogP contribution in [-0.4, -0.2) is 41.8 Å². The molecular weight excluding hydrogens is 474 g/mol. The Balaban J connectivity index is 1.54.